The normalized spacial score (nSPS) is 16.0. The van der Waals surface area contributed by atoms with Crippen molar-refractivity contribution in [1.29, 1.82) is 0 Å². The van der Waals surface area contributed by atoms with Gasteiger partial charge in [-0.1, -0.05) is 0 Å². The molecule has 0 spiro atoms. The molecule has 0 radical (unpaired) electrons. The first kappa shape index (κ1) is 15.9. The van der Waals surface area contributed by atoms with Gasteiger partial charge in [-0.3, -0.25) is 14.3 Å². The van der Waals surface area contributed by atoms with E-state index in [1.807, 2.05) is 0 Å². The lowest BCUT2D eigenvalue weighted by Gasteiger charge is -2.32. The van der Waals surface area contributed by atoms with E-state index in [-0.39, 0.29) is 18.9 Å². The van der Waals surface area contributed by atoms with Gasteiger partial charge in [-0.05, 0) is 6.92 Å². The first-order chi connectivity index (χ1) is 8.98. The van der Waals surface area contributed by atoms with Gasteiger partial charge in [0.15, 0.2) is 0 Å². The van der Waals surface area contributed by atoms with Crippen molar-refractivity contribution in [3.63, 3.8) is 0 Å². The number of aromatic nitrogens is 2. The Labute approximate surface area is 113 Å². The number of hydrogen-bond acceptors (Lipinski definition) is 4. The van der Waals surface area contributed by atoms with Gasteiger partial charge in [0.25, 0.3) is 5.56 Å². The third-order valence-electron chi connectivity index (χ3n) is 2.72. The van der Waals surface area contributed by atoms with Crippen LogP contribution in [0.3, 0.4) is 0 Å². The minimum absolute atomic E-state index is 0.00937. The molecule has 1 rings (SSSR count). The lowest BCUT2D eigenvalue weighted by atomic mass is 10.0. The zero-order chi connectivity index (χ0) is 14.5. The van der Waals surface area contributed by atoms with Crippen LogP contribution >= 0.6 is 11.6 Å². The maximum Gasteiger partial charge on any atom is 0.330 e. The smallest absolute Gasteiger partial charge is 0.330 e. The fourth-order valence-corrected chi connectivity index (χ4v) is 1.90. The number of halogens is 2. The van der Waals surface area contributed by atoms with E-state index >= 15 is 0 Å². The van der Waals surface area contributed by atoms with Crippen molar-refractivity contribution in [3.8, 4) is 0 Å². The predicted molar refractivity (Wildman–Crippen MR) is 68.2 cm³/mol. The number of rotatable bonds is 7. The second kappa shape index (κ2) is 6.83. The highest BCUT2D eigenvalue weighted by Gasteiger charge is 2.32. The first-order valence-electron chi connectivity index (χ1n) is 5.70. The lowest BCUT2D eigenvalue weighted by Crippen LogP contribution is -2.42. The number of hydrogen-bond donors (Lipinski definition) is 2. The van der Waals surface area contributed by atoms with Gasteiger partial charge in [-0.2, -0.15) is 0 Å². The summed E-state index contributed by atoms with van der Waals surface area (Å²) in [4.78, 5) is 24.6. The minimum atomic E-state index is -1.36. The van der Waals surface area contributed by atoms with Crippen LogP contribution in [0.1, 0.15) is 19.6 Å². The molecule has 1 aromatic rings. The number of aliphatic hydroxyl groups is 1. The predicted octanol–water partition coefficient (Wildman–Crippen LogP) is 0.401. The molecule has 1 aromatic heterocycles. The third-order valence-corrected chi connectivity index (χ3v) is 3.21. The second-order valence-electron chi connectivity index (χ2n) is 4.16. The van der Waals surface area contributed by atoms with Crippen molar-refractivity contribution in [3.05, 3.63) is 33.1 Å². The van der Waals surface area contributed by atoms with Crippen LogP contribution in [0.4, 0.5) is 4.39 Å². The van der Waals surface area contributed by atoms with Gasteiger partial charge in [0.1, 0.15) is 18.5 Å². The number of aromatic amines is 1. The minimum Gasteiger partial charge on any atom is -0.396 e. The van der Waals surface area contributed by atoms with Gasteiger partial charge < -0.3 is 9.84 Å². The van der Waals surface area contributed by atoms with Gasteiger partial charge in [-0.15, -0.1) is 11.6 Å². The van der Waals surface area contributed by atoms with Crippen LogP contribution in [0, 0.1) is 0 Å². The average molecular weight is 295 g/mol. The highest BCUT2D eigenvalue weighted by atomic mass is 35.5. The van der Waals surface area contributed by atoms with E-state index in [1.165, 1.54) is 13.1 Å². The Morgan fingerprint density at radius 1 is 1.63 bits per heavy atom. The molecule has 2 atom stereocenters. The maximum absolute atomic E-state index is 13.1. The second-order valence-corrected chi connectivity index (χ2v) is 4.43. The molecule has 0 bridgehead atoms. The summed E-state index contributed by atoms with van der Waals surface area (Å²) in [5.74, 6) is -0.160. The molecular formula is C11H16ClFN2O4. The summed E-state index contributed by atoms with van der Waals surface area (Å²) in [7, 11) is 0. The van der Waals surface area contributed by atoms with E-state index in [1.54, 1.807) is 0 Å². The Balaban J connectivity index is 2.96. The van der Waals surface area contributed by atoms with Crippen LogP contribution in [0.25, 0.3) is 0 Å². The van der Waals surface area contributed by atoms with E-state index < -0.39 is 29.8 Å². The molecule has 1 unspecified atom stereocenters. The SMILES string of the molecule is CC(O[C@](CF)(CCl)CCO)n1ccc(=O)[nH]c1=O. The fourth-order valence-electron chi connectivity index (χ4n) is 1.63. The molecule has 0 aliphatic heterocycles. The highest BCUT2D eigenvalue weighted by molar-refractivity contribution is 6.18. The van der Waals surface area contributed by atoms with E-state index in [0.717, 1.165) is 10.6 Å². The molecule has 0 saturated heterocycles. The van der Waals surface area contributed by atoms with Gasteiger partial charge >= 0.3 is 5.69 Å². The molecule has 8 heteroatoms. The van der Waals surface area contributed by atoms with E-state index in [2.05, 4.69) is 4.98 Å². The highest BCUT2D eigenvalue weighted by Crippen LogP contribution is 2.24. The zero-order valence-corrected chi connectivity index (χ0v) is 11.2. The van der Waals surface area contributed by atoms with Crippen LogP contribution < -0.4 is 11.2 Å². The standard InChI is InChI=1S/C11H16ClFN2O4/c1-8(15-4-2-9(17)14-10(15)18)19-11(6-12,7-13)3-5-16/h2,4,8,16H,3,5-7H2,1H3,(H,14,17,18)/t8?,11-/m0/s1. The summed E-state index contributed by atoms with van der Waals surface area (Å²) in [6.07, 6.45) is 0.433. The molecule has 0 aliphatic carbocycles. The Morgan fingerprint density at radius 3 is 2.79 bits per heavy atom. The van der Waals surface area contributed by atoms with Gasteiger partial charge in [0.05, 0.1) is 5.88 Å². The van der Waals surface area contributed by atoms with Gasteiger partial charge in [-0.25, -0.2) is 9.18 Å². The monoisotopic (exact) mass is 294 g/mol. The molecule has 0 aromatic carbocycles. The summed E-state index contributed by atoms with van der Waals surface area (Å²) in [5, 5.41) is 8.92. The largest absolute Gasteiger partial charge is 0.396 e. The Hall–Kier alpha value is -1.18. The van der Waals surface area contributed by atoms with Crippen molar-refractivity contribution < 1.29 is 14.2 Å². The van der Waals surface area contributed by atoms with Crippen LogP contribution in [0.15, 0.2) is 21.9 Å². The Morgan fingerprint density at radius 2 is 2.32 bits per heavy atom. The fraction of sp³-hybridized carbons (Fsp3) is 0.636. The molecule has 0 aliphatic rings. The van der Waals surface area contributed by atoms with Gasteiger partial charge in [0, 0.05) is 25.3 Å². The molecule has 2 N–H and O–H groups in total. The summed E-state index contributed by atoms with van der Waals surface area (Å²) >= 11 is 5.68. The Kier molecular flexibility index (Phi) is 5.71. The van der Waals surface area contributed by atoms with E-state index in [4.69, 9.17) is 21.4 Å². The van der Waals surface area contributed by atoms with E-state index in [9.17, 15) is 14.0 Å². The van der Waals surface area contributed by atoms with Crippen molar-refractivity contribution in [2.24, 2.45) is 0 Å². The van der Waals surface area contributed by atoms with Gasteiger partial charge in [0.2, 0.25) is 0 Å². The molecule has 6 nitrogen and oxygen atoms in total. The number of ether oxygens (including phenoxy) is 1. The number of aliphatic hydroxyl groups excluding tert-OH is 1. The summed E-state index contributed by atoms with van der Waals surface area (Å²) in [6, 6.07) is 1.16. The Bertz CT molecular complexity index is 512. The lowest BCUT2D eigenvalue weighted by molar-refractivity contribution is -0.125. The maximum atomic E-state index is 13.1. The number of nitrogens with one attached hydrogen (secondary N) is 1. The summed E-state index contributed by atoms with van der Waals surface area (Å²) < 4.78 is 19.6. The van der Waals surface area contributed by atoms with Crippen molar-refractivity contribution in [1.82, 2.24) is 9.55 Å². The van der Waals surface area contributed by atoms with Crippen LogP contribution in [0.5, 0.6) is 0 Å². The van der Waals surface area contributed by atoms with E-state index in [0.29, 0.717) is 0 Å². The molecule has 0 fully saturated rings. The first-order valence-corrected chi connectivity index (χ1v) is 6.23. The average Bonchev–Trinajstić information content (AvgIpc) is 2.37. The van der Waals surface area contributed by atoms with Crippen LogP contribution in [0.2, 0.25) is 0 Å². The summed E-state index contributed by atoms with van der Waals surface area (Å²) in [5.41, 5.74) is -2.55. The molecule has 0 saturated carbocycles. The quantitative estimate of drug-likeness (QED) is 0.713. The van der Waals surface area contributed by atoms with Crippen molar-refractivity contribution in [2.75, 3.05) is 19.2 Å². The number of nitrogens with zero attached hydrogens (tertiary/aromatic N) is 1. The van der Waals surface area contributed by atoms with Crippen LogP contribution in [-0.4, -0.2) is 39.4 Å². The zero-order valence-electron chi connectivity index (χ0n) is 10.4. The third kappa shape index (κ3) is 3.89. The molecule has 1 heterocycles. The number of alkyl halides is 2. The number of H-pyrrole nitrogens is 1. The summed E-state index contributed by atoms with van der Waals surface area (Å²) in [6.45, 7) is 0.345. The molecule has 19 heavy (non-hydrogen) atoms. The topological polar surface area (TPSA) is 84.3 Å². The molecule has 0 amide bonds. The molecular weight excluding hydrogens is 279 g/mol. The van der Waals surface area contributed by atoms with Crippen LogP contribution in [-0.2, 0) is 4.74 Å². The van der Waals surface area contributed by atoms with Crippen molar-refractivity contribution >= 4 is 11.6 Å². The van der Waals surface area contributed by atoms with Crippen molar-refractivity contribution in [2.45, 2.75) is 25.2 Å². The molecule has 108 valence electrons.